The van der Waals surface area contributed by atoms with Gasteiger partial charge in [0.25, 0.3) is 5.69 Å². The number of piperidine rings is 1. The van der Waals surface area contributed by atoms with E-state index in [1.165, 1.54) is 6.42 Å². The van der Waals surface area contributed by atoms with Crippen LogP contribution in [0.1, 0.15) is 32.3 Å². The fourth-order valence-electron chi connectivity index (χ4n) is 2.72. The Morgan fingerprint density at radius 3 is 2.84 bits per heavy atom. The third-order valence-electron chi connectivity index (χ3n) is 4.07. The van der Waals surface area contributed by atoms with Crippen LogP contribution in [0.2, 0.25) is 0 Å². The summed E-state index contributed by atoms with van der Waals surface area (Å²) in [6.45, 7) is 5.28. The van der Waals surface area contributed by atoms with Crippen molar-refractivity contribution in [3.05, 3.63) is 33.9 Å². The Balaban J connectivity index is 2.40. The molecule has 0 aromatic heterocycles. The van der Waals surface area contributed by atoms with E-state index >= 15 is 0 Å². The van der Waals surface area contributed by atoms with E-state index in [2.05, 4.69) is 34.7 Å². The predicted molar refractivity (Wildman–Crippen MR) is 80.9 cm³/mol. The highest BCUT2D eigenvalue weighted by atomic mass is 79.9. The first-order valence-corrected chi connectivity index (χ1v) is 7.76. The molecule has 0 radical (unpaired) electrons. The first kappa shape index (κ1) is 14.3. The number of alkyl halides is 1. The van der Waals surface area contributed by atoms with Gasteiger partial charge in [0.15, 0.2) is 0 Å². The van der Waals surface area contributed by atoms with Crippen molar-refractivity contribution in [1.82, 2.24) is 0 Å². The quantitative estimate of drug-likeness (QED) is 0.477. The normalized spacial score (nSPS) is 23.4. The number of nitro groups is 1. The van der Waals surface area contributed by atoms with Gasteiger partial charge in [-0.25, -0.2) is 0 Å². The van der Waals surface area contributed by atoms with Crippen LogP contribution in [0.4, 0.5) is 11.4 Å². The van der Waals surface area contributed by atoms with Crippen molar-refractivity contribution in [2.24, 2.45) is 5.92 Å². The smallest absolute Gasteiger partial charge is 0.292 e. The lowest BCUT2D eigenvalue weighted by Gasteiger charge is -2.39. The largest absolute Gasteiger partial charge is 0.363 e. The van der Waals surface area contributed by atoms with E-state index in [0.29, 0.717) is 17.3 Å². The Morgan fingerprint density at radius 1 is 1.47 bits per heavy atom. The summed E-state index contributed by atoms with van der Waals surface area (Å²) in [5.74, 6) is 0.573. The van der Waals surface area contributed by atoms with E-state index < -0.39 is 0 Å². The Labute approximate surface area is 122 Å². The second-order valence-corrected chi connectivity index (χ2v) is 5.83. The second-order valence-electron chi connectivity index (χ2n) is 5.27. The number of nitro benzene ring substituents is 1. The summed E-state index contributed by atoms with van der Waals surface area (Å²) in [6, 6.07) is 5.88. The van der Waals surface area contributed by atoms with Crippen LogP contribution in [0.25, 0.3) is 0 Å². The Bertz CT molecular complexity index is 479. The molecule has 1 heterocycles. The fraction of sp³-hybridized carbons (Fsp3) is 0.571. The number of nitrogens with zero attached hydrogens (tertiary/aromatic N) is 2. The number of hydrogen-bond donors (Lipinski definition) is 0. The molecule has 1 aliphatic rings. The summed E-state index contributed by atoms with van der Waals surface area (Å²) in [4.78, 5) is 13.2. The molecule has 2 unspecified atom stereocenters. The van der Waals surface area contributed by atoms with Crippen LogP contribution in [0.15, 0.2) is 18.2 Å². The first-order chi connectivity index (χ1) is 9.04. The molecule has 104 valence electrons. The number of anilines is 1. The standard InChI is InChI=1S/C14H19BrN2O2/c1-10-4-3-7-16(11(10)2)13-6-5-12(9-15)8-14(13)17(18)19/h5-6,8,10-11H,3-4,7,9H2,1-2H3. The molecule has 0 aliphatic carbocycles. The topological polar surface area (TPSA) is 46.4 Å². The summed E-state index contributed by atoms with van der Waals surface area (Å²) >= 11 is 3.35. The van der Waals surface area contributed by atoms with Gasteiger partial charge in [0.05, 0.1) is 4.92 Å². The van der Waals surface area contributed by atoms with Gasteiger partial charge in [-0.05, 0) is 37.3 Å². The van der Waals surface area contributed by atoms with E-state index in [0.717, 1.165) is 24.2 Å². The zero-order valence-corrected chi connectivity index (χ0v) is 12.9. The van der Waals surface area contributed by atoms with Crippen LogP contribution in [0.5, 0.6) is 0 Å². The maximum Gasteiger partial charge on any atom is 0.292 e. The number of hydrogen-bond acceptors (Lipinski definition) is 3. The SMILES string of the molecule is CC1CCCN(c2ccc(CBr)cc2[N+](=O)[O-])C1C. The fourth-order valence-corrected chi connectivity index (χ4v) is 3.07. The average molecular weight is 327 g/mol. The summed E-state index contributed by atoms with van der Waals surface area (Å²) in [5, 5.41) is 11.9. The first-order valence-electron chi connectivity index (χ1n) is 6.64. The van der Waals surface area contributed by atoms with Crippen molar-refractivity contribution in [2.75, 3.05) is 11.4 Å². The summed E-state index contributed by atoms with van der Waals surface area (Å²) < 4.78 is 0. The molecular weight excluding hydrogens is 308 g/mol. The molecule has 0 spiro atoms. The lowest BCUT2D eigenvalue weighted by Crippen LogP contribution is -2.42. The van der Waals surface area contributed by atoms with E-state index in [9.17, 15) is 10.1 Å². The van der Waals surface area contributed by atoms with Crippen LogP contribution in [-0.2, 0) is 5.33 Å². The number of benzene rings is 1. The van der Waals surface area contributed by atoms with Crippen LogP contribution < -0.4 is 4.90 Å². The van der Waals surface area contributed by atoms with Crippen LogP contribution in [0.3, 0.4) is 0 Å². The van der Waals surface area contributed by atoms with E-state index in [4.69, 9.17) is 0 Å². The monoisotopic (exact) mass is 326 g/mol. The molecule has 1 fully saturated rings. The molecule has 19 heavy (non-hydrogen) atoms. The van der Waals surface area contributed by atoms with Gasteiger partial charge in [-0.15, -0.1) is 0 Å². The van der Waals surface area contributed by atoms with Crippen LogP contribution in [0, 0.1) is 16.0 Å². The molecule has 1 aromatic carbocycles. The average Bonchev–Trinajstić information content (AvgIpc) is 2.41. The summed E-state index contributed by atoms with van der Waals surface area (Å²) in [5.41, 5.74) is 1.92. The van der Waals surface area contributed by atoms with Crippen molar-refractivity contribution in [2.45, 2.75) is 38.1 Å². The van der Waals surface area contributed by atoms with Crippen molar-refractivity contribution in [1.29, 1.82) is 0 Å². The van der Waals surface area contributed by atoms with Crippen molar-refractivity contribution in [3.63, 3.8) is 0 Å². The molecule has 2 rings (SSSR count). The van der Waals surface area contributed by atoms with E-state index in [-0.39, 0.29) is 10.6 Å². The van der Waals surface area contributed by atoms with Crippen molar-refractivity contribution >= 4 is 27.3 Å². The Morgan fingerprint density at radius 2 is 2.21 bits per heavy atom. The van der Waals surface area contributed by atoms with Gasteiger partial charge >= 0.3 is 0 Å². The highest BCUT2D eigenvalue weighted by Gasteiger charge is 2.29. The lowest BCUT2D eigenvalue weighted by molar-refractivity contribution is -0.384. The minimum atomic E-state index is -0.270. The molecule has 0 N–H and O–H groups in total. The van der Waals surface area contributed by atoms with Crippen LogP contribution in [-0.4, -0.2) is 17.5 Å². The zero-order valence-electron chi connectivity index (χ0n) is 11.3. The van der Waals surface area contributed by atoms with Gasteiger partial charge in [-0.3, -0.25) is 10.1 Å². The predicted octanol–water partition coefficient (Wildman–Crippen LogP) is 4.11. The molecule has 2 atom stereocenters. The molecule has 5 heteroatoms. The van der Waals surface area contributed by atoms with Crippen molar-refractivity contribution < 1.29 is 4.92 Å². The molecule has 4 nitrogen and oxygen atoms in total. The second kappa shape index (κ2) is 5.90. The molecule has 0 amide bonds. The molecule has 1 aliphatic heterocycles. The van der Waals surface area contributed by atoms with Gasteiger partial charge in [0, 0.05) is 24.0 Å². The van der Waals surface area contributed by atoms with Gasteiger partial charge in [-0.1, -0.05) is 28.9 Å². The minimum Gasteiger partial charge on any atom is -0.363 e. The highest BCUT2D eigenvalue weighted by molar-refractivity contribution is 9.08. The van der Waals surface area contributed by atoms with E-state index in [1.807, 2.05) is 12.1 Å². The molecule has 0 bridgehead atoms. The number of halogens is 1. The molecule has 1 aromatic rings. The van der Waals surface area contributed by atoms with Gasteiger partial charge in [0.2, 0.25) is 0 Å². The Hall–Kier alpha value is -1.10. The van der Waals surface area contributed by atoms with E-state index in [1.54, 1.807) is 6.07 Å². The maximum atomic E-state index is 11.3. The van der Waals surface area contributed by atoms with Gasteiger partial charge < -0.3 is 4.90 Å². The number of rotatable bonds is 3. The molecular formula is C14H19BrN2O2. The minimum absolute atomic E-state index is 0.220. The van der Waals surface area contributed by atoms with Crippen molar-refractivity contribution in [3.8, 4) is 0 Å². The third kappa shape index (κ3) is 2.91. The zero-order chi connectivity index (χ0) is 14.0. The summed E-state index contributed by atoms with van der Waals surface area (Å²) in [6.07, 6.45) is 2.30. The van der Waals surface area contributed by atoms with Gasteiger partial charge in [-0.2, -0.15) is 0 Å². The molecule has 1 saturated heterocycles. The lowest BCUT2D eigenvalue weighted by atomic mass is 9.91. The maximum absolute atomic E-state index is 11.3. The van der Waals surface area contributed by atoms with Crippen LogP contribution >= 0.6 is 15.9 Å². The third-order valence-corrected chi connectivity index (χ3v) is 4.72. The Kier molecular flexibility index (Phi) is 4.45. The highest BCUT2D eigenvalue weighted by Crippen LogP contribution is 2.35. The summed E-state index contributed by atoms with van der Waals surface area (Å²) in [7, 11) is 0. The van der Waals surface area contributed by atoms with Gasteiger partial charge in [0.1, 0.15) is 5.69 Å². The molecule has 0 saturated carbocycles.